The van der Waals surface area contributed by atoms with Crippen molar-refractivity contribution in [2.75, 3.05) is 0 Å². The van der Waals surface area contributed by atoms with Crippen LogP contribution in [0.15, 0.2) is 73.6 Å². The molecule has 0 radical (unpaired) electrons. The molecule has 144 valence electrons. The van der Waals surface area contributed by atoms with Crippen LogP contribution in [-0.4, -0.2) is 34.9 Å². The number of nitrogens with zero attached hydrogens (tertiary/aromatic N) is 5. The quantitative estimate of drug-likeness (QED) is 0.463. The number of aryl methyl sites for hydroxylation is 1. The lowest BCUT2D eigenvalue weighted by molar-refractivity contribution is 0.768. The lowest BCUT2D eigenvalue weighted by Crippen LogP contribution is -1.84. The van der Waals surface area contributed by atoms with Gasteiger partial charge in [0.15, 0.2) is 0 Å². The Balaban J connectivity index is 1.52. The van der Waals surface area contributed by atoms with Crippen LogP contribution in [0, 0.1) is 0 Å². The first-order chi connectivity index (χ1) is 14.8. The molecule has 0 aliphatic carbocycles. The highest BCUT2D eigenvalue weighted by Crippen LogP contribution is 2.34. The number of pyridine rings is 2. The summed E-state index contributed by atoms with van der Waals surface area (Å²) in [5, 5.41) is 14.2. The third-order valence-electron chi connectivity index (χ3n) is 5.39. The van der Waals surface area contributed by atoms with E-state index in [1.807, 2.05) is 44.0 Å². The minimum atomic E-state index is 0.882. The Morgan fingerprint density at radius 3 is 2.53 bits per heavy atom. The fourth-order valence-electron chi connectivity index (χ4n) is 3.91. The van der Waals surface area contributed by atoms with Gasteiger partial charge >= 0.3 is 0 Å². The molecule has 5 heterocycles. The van der Waals surface area contributed by atoms with Gasteiger partial charge in [-0.15, -0.1) is 0 Å². The molecule has 7 heteroatoms. The maximum Gasteiger partial charge on any atom is 0.116 e. The lowest BCUT2D eigenvalue weighted by atomic mass is 10.0. The summed E-state index contributed by atoms with van der Waals surface area (Å²) in [5.41, 5.74) is 8.12. The first-order valence-electron chi connectivity index (χ1n) is 9.61. The molecular formula is C23H17N7. The van der Waals surface area contributed by atoms with Crippen molar-refractivity contribution in [3.8, 4) is 33.6 Å². The summed E-state index contributed by atoms with van der Waals surface area (Å²) in [7, 11) is 1.92. The van der Waals surface area contributed by atoms with Crippen LogP contribution in [0.2, 0.25) is 0 Å². The van der Waals surface area contributed by atoms with Gasteiger partial charge < -0.3 is 4.98 Å². The highest BCUT2D eigenvalue weighted by atomic mass is 15.2. The molecule has 0 atom stereocenters. The van der Waals surface area contributed by atoms with Crippen LogP contribution in [0.25, 0.3) is 55.4 Å². The Kier molecular flexibility index (Phi) is 3.55. The van der Waals surface area contributed by atoms with E-state index in [1.165, 1.54) is 0 Å². The van der Waals surface area contributed by atoms with E-state index in [2.05, 4.69) is 54.5 Å². The number of nitrogens with one attached hydrogen (secondary N) is 2. The molecule has 0 saturated heterocycles. The van der Waals surface area contributed by atoms with E-state index in [-0.39, 0.29) is 0 Å². The van der Waals surface area contributed by atoms with E-state index in [9.17, 15) is 0 Å². The van der Waals surface area contributed by atoms with Gasteiger partial charge in [-0.05, 0) is 41.5 Å². The molecule has 7 nitrogen and oxygen atoms in total. The summed E-state index contributed by atoms with van der Waals surface area (Å²) in [6.45, 7) is 0. The van der Waals surface area contributed by atoms with Gasteiger partial charge in [0.05, 0.1) is 29.1 Å². The number of fused-ring (bicyclic) bond motifs is 2. The van der Waals surface area contributed by atoms with Gasteiger partial charge in [0.1, 0.15) is 5.69 Å². The standard InChI is InChI=1S/C23H17N7/c1-30-13-16(10-26-30)15-2-3-20-18(8-15)23(29-28-20)21-9-17-19(11-25-12-22(17)27-21)14-4-6-24-7-5-14/h2-13,27H,1H3,(H,28,29). The molecule has 0 spiro atoms. The SMILES string of the molecule is Cn1cc(-c2ccc3[nH]nc(-c4cc5c(-c6ccncc6)cncc5[nH]4)c3c2)cn1. The second-order valence-corrected chi connectivity index (χ2v) is 7.30. The third-order valence-corrected chi connectivity index (χ3v) is 5.39. The third kappa shape index (κ3) is 2.60. The topological polar surface area (TPSA) is 88.1 Å². The molecule has 0 saturated carbocycles. The molecule has 0 fully saturated rings. The van der Waals surface area contributed by atoms with Gasteiger partial charge in [-0.3, -0.25) is 19.7 Å². The van der Waals surface area contributed by atoms with Crippen LogP contribution < -0.4 is 0 Å². The van der Waals surface area contributed by atoms with Crippen LogP contribution in [0.4, 0.5) is 0 Å². The molecule has 30 heavy (non-hydrogen) atoms. The monoisotopic (exact) mass is 391 g/mol. The van der Waals surface area contributed by atoms with E-state index in [1.54, 1.807) is 17.1 Å². The van der Waals surface area contributed by atoms with Gasteiger partial charge in [-0.1, -0.05) is 6.07 Å². The van der Waals surface area contributed by atoms with Crippen LogP contribution in [0.5, 0.6) is 0 Å². The van der Waals surface area contributed by atoms with E-state index in [4.69, 9.17) is 0 Å². The number of hydrogen-bond acceptors (Lipinski definition) is 4. The van der Waals surface area contributed by atoms with Crippen LogP contribution in [0.1, 0.15) is 0 Å². The number of hydrogen-bond donors (Lipinski definition) is 2. The largest absolute Gasteiger partial charge is 0.352 e. The van der Waals surface area contributed by atoms with Crippen LogP contribution in [-0.2, 0) is 7.05 Å². The number of aromatic amines is 2. The smallest absolute Gasteiger partial charge is 0.116 e. The van der Waals surface area contributed by atoms with Crippen LogP contribution in [0.3, 0.4) is 0 Å². The van der Waals surface area contributed by atoms with Crippen LogP contribution >= 0.6 is 0 Å². The first kappa shape index (κ1) is 16.7. The van der Waals surface area contributed by atoms with Crippen molar-refractivity contribution < 1.29 is 0 Å². The summed E-state index contributed by atoms with van der Waals surface area (Å²) >= 11 is 0. The molecule has 0 bridgehead atoms. The van der Waals surface area contributed by atoms with Crippen molar-refractivity contribution in [2.24, 2.45) is 7.05 Å². The molecule has 0 amide bonds. The van der Waals surface area contributed by atoms with Crippen molar-refractivity contribution in [3.05, 3.63) is 73.6 Å². The zero-order valence-electron chi connectivity index (χ0n) is 16.2. The highest BCUT2D eigenvalue weighted by molar-refractivity contribution is 6.01. The molecule has 1 aromatic carbocycles. The summed E-state index contributed by atoms with van der Waals surface area (Å²) in [6.07, 6.45) is 11.2. The Labute approximate surface area is 171 Å². The van der Waals surface area contributed by atoms with Gasteiger partial charge in [0.2, 0.25) is 0 Å². The average molecular weight is 391 g/mol. The Hall–Kier alpha value is -4.26. The second kappa shape index (κ2) is 6.38. The minimum Gasteiger partial charge on any atom is -0.352 e. The summed E-state index contributed by atoms with van der Waals surface area (Å²) < 4.78 is 1.81. The summed E-state index contributed by atoms with van der Waals surface area (Å²) in [5.74, 6) is 0. The first-order valence-corrected chi connectivity index (χ1v) is 9.61. The minimum absolute atomic E-state index is 0.882. The molecular weight excluding hydrogens is 374 g/mol. The van der Waals surface area contributed by atoms with Crippen molar-refractivity contribution in [2.45, 2.75) is 0 Å². The lowest BCUT2D eigenvalue weighted by Gasteiger charge is -2.01. The van der Waals surface area contributed by atoms with Crippen molar-refractivity contribution in [1.82, 2.24) is 34.9 Å². The molecule has 0 unspecified atom stereocenters. The normalized spacial score (nSPS) is 11.5. The highest BCUT2D eigenvalue weighted by Gasteiger charge is 2.14. The van der Waals surface area contributed by atoms with Gasteiger partial charge in [-0.25, -0.2) is 0 Å². The predicted octanol–water partition coefficient (Wildman–Crippen LogP) is 4.57. The van der Waals surface area contributed by atoms with E-state index in [0.29, 0.717) is 0 Å². The average Bonchev–Trinajstić information content (AvgIpc) is 3.50. The second-order valence-electron chi connectivity index (χ2n) is 7.30. The number of rotatable bonds is 3. The van der Waals surface area contributed by atoms with E-state index >= 15 is 0 Å². The molecule has 2 N–H and O–H groups in total. The van der Waals surface area contributed by atoms with E-state index in [0.717, 1.165) is 55.4 Å². The molecule has 0 aliphatic heterocycles. The fraction of sp³-hybridized carbons (Fsp3) is 0.0435. The van der Waals surface area contributed by atoms with Gasteiger partial charge in [0.25, 0.3) is 0 Å². The van der Waals surface area contributed by atoms with Gasteiger partial charge in [-0.2, -0.15) is 10.2 Å². The van der Waals surface area contributed by atoms with Crippen molar-refractivity contribution in [1.29, 1.82) is 0 Å². The molecule has 6 rings (SSSR count). The Morgan fingerprint density at radius 1 is 0.800 bits per heavy atom. The van der Waals surface area contributed by atoms with Gasteiger partial charge in [0, 0.05) is 53.7 Å². The van der Waals surface area contributed by atoms with E-state index < -0.39 is 0 Å². The summed E-state index contributed by atoms with van der Waals surface area (Å²) in [6, 6.07) is 12.4. The zero-order valence-corrected chi connectivity index (χ0v) is 16.2. The number of benzene rings is 1. The molecule has 6 aromatic rings. The number of aromatic nitrogens is 7. The Morgan fingerprint density at radius 2 is 1.70 bits per heavy atom. The molecule has 5 aromatic heterocycles. The van der Waals surface area contributed by atoms with Crippen molar-refractivity contribution >= 4 is 21.8 Å². The summed E-state index contributed by atoms with van der Waals surface area (Å²) in [4.78, 5) is 12.0. The Bertz CT molecular complexity index is 1510. The fourth-order valence-corrected chi connectivity index (χ4v) is 3.91. The predicted molar refractivity (Wildman–Crippen MR) is 117 cm³/mol. The number of H-pyrrole nitrogens is 2. The zero-order chi connectivity index (χ0) is 20.1. The molecule has 0 aliphatic rings. The maximum absolute atomic E-state index is 4.60. The van der Waals surface area contributed by atoms with Crippen molar-refractivity contribution in [3.63, 3.8) is 0 Å². The maximum atomic E-state index is 4.60.